The van der Waals surface area contributed by atoms with Crippen LogP contribution >= 0.6 is 11.3 Å². The highest BCUT2D eigenvalue weighted by molar-refractivity contribution is 7.12. The van der Waals surface area contributed by atoms with Gasteiger partial charge in [-0.25, -0.2) is 4.99 Å². The SMILES string of the molecule is Cc1cc2cc(NC(=NC3CCCCN(CC(=O)N4CCCC4)C3=O)NC(=O)c3cccs3)ccc2o1. The van der Waals surface area contributed by atoms with Gasteiger partial charge >= 0.3 is 0 Å². The Kier molecular flexibility index (Phi) is 7.55. The minimum atomic E-state index is -0.695. The fourth-order valence-electron chi connectivity index (χ4n) is 4.81. The van der Waals surface area contributed by atoms with Gasteiger partial charge in [0.05, 0.1) is 11.4 Å². The van der Waals surface area contributed by atoms with Crippen LogP contribution in [0.15, 0.2) is 51.2 Å². The van der Waals surface area contributed by atoms with Crippen molar-refractivity contribution in [2.24, 2.45) is 4.99 Å². The number of carbonyl (C=O) groups is 3. The van der Waals surface area contributed by atoms with E-state index in [4.69, 9.17) is 9.41 Å². The standard InChI is InChI=1S/C27H31N5O4S/c1-18-15-19-16-20(9-10-22(19)36-18)28-27(30-25(34)23-8-6-14-37-23)29-21-7-2-3-13-32(26(21)35)17-24(33)31-11-4-5-12-31/h6,8-10,14-16,21H,2-5,7,11-13,17H2,1H3,(H2,28,29,30,34). The second-order valence-electron chi connectivity index (χ2n) is 9.50. The number of furan rings is 1. The van der Waals surface area contributed by atoms with Crippen LogP contribution in [0.3, 0.4) is 0 Å². The molecule has 1 unspecified atom stereocenters. The zero-order valence-electron chi connectivity index (χ0n) is 20.9. The minimum absolute atomic E-state index is 0.0106. The van der Waals surface area contributed by atoms with Crippen LogP contribution in [0.1, 0.15) is 47.5 Å². The Hall–Kier alpha value is -3.66. The summed E-state index contributed by atoms with van der Waals surface area (Å²) in [4.78, 5) is 47.8. The molecular formula is C27H31N5O4S. The number of anilines is 1. The second-order valence-corrected chi connectivity index (χ2v) is 10.5. The Balaban J connectivity index is 1.38. The highest BCUT2D eigenvalue weighted by Gasteiger charge is 2.30. The number of fused-ring (bicyclic) bond motifs is 1. The first kappa shape index (κ1) is 25.0. The molecular weight excluding hydrogens is 490 g/mol. The molecule has 4 heterocycles. The Morgan fingerprint density at radius 3 is 2.70 bits per heavy atom. The van der Waals surface area contributed by atoms with Crippen molar-refractivity contribution in [3.05, 3.63) is 52.4 Å². The molecule has 0 spiro atoms. The van der Waals surface area contributed by atoms with Gasteiger partial charge in [0, 0.05) is 30.7 Å². The van der Waals surface area contributed by atoms with Crippen LogP contribution in [0.4, 0.5) is 5.69 Å². The van der Waals surface area contributed by atoms with E-state index in [-0.39, 0.29) is 30.2 Å². The lowest BCUT2D eigenvalue weighted by atomic mass is 10.1. The maximum absolute atomic E-state index is 13.5. The van der Waals surface area contributed by atoms with Gasteiger partial charge in [0.1, 0.15) is 17.4 Å². The number of carbonyl (C=O) groups excluding carboxylic acids is 3. The van der Waals surface area contributed by atoms with Gasteiger partial charge in [-0.1, -0.05) is 6.07 Å². The molecule has 3 aromatic rings. The average Bonchev–Trinajstić information content (AvgIpc) is 3.64. The van der Waals surface area contributed by atoms with Gasteiger partial charge in [0.25, 0.3) is 5.91 Å². The van der Waals surface area contributed by atoms with Crippen molar-refractivity contribution in [3.8, 4) is 0 Å². The highest BCUT2D eigenvalue weighted by atomic mass is 32.1. The summed E-state index contributed by atoms with van der Waals surface area (Å²) < 4.78 is 5.66. The van der Waals surface area contributed by atoms with E-state index in [1.54, 1.807) is 11.0 Å². The van der Waals surface area contributed by atoms with Crippen molar-refractivity contribution in [3.63, 3.8) is 0 Å². The first-order valence-corrected chi connectivity index (χ1v) is 13.6. The molecule has 2 fully saturated rings. The monoisotopic (exact) mass is 521 g/mol. The highest BCUT2D eigenvalue weighted by Crippen LogP contribution is 2.23. The van der Waals surface area contributed by atoms with Crippen LogP contribution < -0.4 is 10.6 Å². The molecule has 2 aliphatic heterocycles. The van der Waals surface area contributed by atoms with E-state index >= 15 is 0 Å². The predicted molar refractivity (Wildman–Crippen MR) is 144 cm³/mol. The van der Waals surface area contributed by atoms with Crippen molar-refractivity contribution in [1.82, 2.24) is 15.1 Å². The van der Waals surface area contributed by atoms with Crippen LogP contribution in [0.2, 0.25) is 0 Å². The molecule has 3 amide bonds. The predicted octanol–water partition coefficient (Wildman–Crippen LogP) is 4.00. The summed E-state index contributed by atoms with van der Waals surface area (Å²) in [6.45, 7) is 4.01. The first-order valence-electron chi connectivity index (χ1n) is 12.7. The smallest absolute Gasteiger partial charge is 0.268 e. The van der Waals surface area contributed by atoms with Crippen molar-refractivity contribution < 1.29 is 18.8 Å². The number of hydrogen-bond acceptors (Lipinski definition) is 6. The molecule has 2 aliphatic rings. The number of amides is 3. The molecule has 9 nitrogen and oxygen atoms in total. The number of aliphatic imine (C=N–C) groups is 1. The summed E-state index contributed by atoms with van der Waals surface area (Å²) in [6.07, 6.45) is 4.19. The molecule has 2 aromatic heterocycles. The molecule has 37 heavy (non-hydrogen) atoms. The van der Waals surface area contributed by atoms with Crippen molar-refractivity contribution in [2.45, 2.75) is 45.1 Å². The van der Waals surface area contributed by atoms with E-state index in [0.717, 1.165) is 55.5 Å². The van der Waals surface area contributed by atoms with Gasteiger partial charge in [-0.3, -0.25) is 19.7 Å². The van der Waals surface area contributed by atoms with Gasteiger partial charge in [-0.05, 0) is 74.7 Å². The molecule has 2 N–H and O–H groups in total. The van der Waals surface area contributed by atoms with E-state index in [1.165, 1.54) is 11.3 Å². The maximum Gasteiger partial charge on any atom is 0.268 e. The van der Waals surface area contributed by atoms with Crippen LogP contribution in [-0.4, -0.2) is 65.7 Å². The second kappa shape index (κ2) is 11.2. The zero-order chi connectivity index (χ0) is 25.8. The third kappa shape index (κ3) is 6.02. The number of nitrogens with one attached hydrogen (secondary N) is 2. The first-order chi connectivity index (χ1) is 18.0. The van der Waals surface area contributed by atoms with Crippen LogP contribution in [-0.2, 0) is 9.59 Å². The molecule has 194 valence electrons. The van der Waals surface area contributed by atoms with Gasteiger partial charge in [0.2, 0.25) is 17.8 Å². The molecule has 1 atom stereocenters. The number of benzene rings is 1. The van der Waals surface area contributed by atoms with Crippen molar-refractivity contribution in [2.75, 3.05) is 31.5 Å². The molecule has 2 saturated heterocycles. The Bertz CT molecular complexity index is 1310. The summed E-state index contributed by atoms with van der Waals surface area (Å²) in [6, 6.07) is 10.4. The number of guanidine groups is 1. The molecule has 0 bridgehead atoms. The number of aryl methyl sites for hydroxylation is 1. The van der Waals surface area contributed by atoms with Crippen molar-refractivity contribution in [1.29, 1.82) is 0 Å². The zero-order valence-corrected chi connectivity index (χ0v) is 21.7. The number of hydrogen-bond donors (Lipinski definition) is 2. The van der Waals surface area contributed by atoms with E-state index in [1.807, 2.05) is 47.5 Å². The van der Waals surface area contributed by atoms with Gasteiger partial charge in [0.15, 0.2) is 0 Å². The minimum Gasteiger partial charge on any atom is -0.461 e. The Morgan fingerprint density at radius 1 is 1.11 bits per heavy atom. The fourth-order valence-corrected chi connectivity index (χ4v) is 5.43. The lowest BCUT2D eigenvalue weighted by Crippen LogP contribution is -2.45. The van der Waals surface area contributed by atoms with Gasteiger partial charge in [-0.2, -0.15) is 0 Å². The molecule has 0 saturated carbocycles. The Labute approximate surface area is 219 Å². The molecule has 10 heteroatoms. The average molecular weight is 522 g/mol. The van der Waals surface area contributed by atoms with Gasteiger partial charge in [-0.15, -0.1) is 11.3 Å². The third-order valence-electron chi connectivity index (χ3n) is 6.70. The van der Waals surface area contributed by atoms with E-state index < -0.39 is 6.04 Å². The summed E-state index contributed by atoms with van der Waals surface area (Å²) in [5.41, 5.74) is 1.47. The van der Waals surface area contributed by atoms with Crippen molar-refractivity contribution >= 4 is 51.7 Å². The summed E-state index contributed by atoms with van der Waals surface area (Å²) >= 11 is 1.33. The summed E-state index contributed by atoms with van der Waals surface area (Å²) in [5.74, 6) is 0.506. The summed E-state index contributed by atoms with van der Waals surface area (Å²) in [7, 11) is 0. The van der Waals surface area contributed by atoms with E-state index in [2.05, 4.69) is 10.6 Å². The number of nitrogens with zero attached hydrogens (tertiary/aromatic N) is 3. The van der Waals surface area contributed by atoms with Crippen LogP contribution in [0, 0.1) is 6.92 Å². The maximum atomic E-state index is 13.5. The number of rotatable bonds is 5. The van der Waals surface area contributed by atoms with E-state index in [9.17, 15) is 14.4 Å². The quantitative estimate of drug-likeness (QED) is 0.390. The Morgan fingerprint density at radius 2 is 1.92 bits per heavy atom. The fraction of sp³-hybridized carbons (Fsp3) is 0.407. The molecule has 0 radical (unpaired) electrons. The lowest BCUT2D eigenvalue weighted by molar-refractivity contribution is -0.140. The molecule has 0 aliphatic carbocycles. The molecule has 1 aromatic carbocycles. The topological polar surface area (TPSA) is 107 Å². The number of likely N-dealkylation sites (tertiary alicyclic amines) is 2. The van der Waals surface area contributed by atoms with E-state index in [0.29, 0.717) is 23.5 Å². The summed E-state index contributed by atoms with van der Waals surface area (Å²) in [5, 5.41) is 8.80. The van der Waals surface area contributed by atoms with Gasteiger partial charge < -0.3 is 19.5 Å². The van der Waals surface area contributed by atoms with Crippen LogP contribution in [0.25, 0.3) is 11.0 Å². The number of thiophene rings is 1. The van der Waals surface area contributed by atoms with Crippen LogP contribution in [0.5, 0.6) is 0 Å². The third-order valence-corrected chi connectivity index (χ3v) is 7.57. The normalized spacial score (nSPS) is 18.8. The molecule has 5 rings (SSSR count). The largest absolute Gasteiger partial charge is 0.461 e. The lowest BCUT2D eigenvalue weighted by Gasteiger charge is -2.25.